The van der Waals surface area contributed by atoms with Crippen LogP contribution in [0.1, 0.15) is 0 Å². The number of nitrogens with zero attached hydrogens (tertiary/aromatic N) is 1. The van der Waals surface area contributed by atoms with Crippen LogP contribution in [0.4, 0.5) is 3.89 Å². The van der Waals surface area contributed by atoms with E-state index >= 15 is 0 Å². The van der Waals surface area contributed by atoms with Crippen molar-refractivity contribution in [2.75, 3.05) is 0 Å². The summed E-state index contributed by atoms with van der Waals surface area (Å²) < 4.78 is 34.5. The number of fused-ring (bicyclic) bond motifs is 1. The summed E-state index contributed by atoms with van der Waals surface area (Å²) in [6, 6.07) is 5.62. The minimum Gasteiger partial charge on any atom is -0.255 e. The molecule has 3 nitrogen and oxygen atoms in total. The lowest BCUT2D eigenvalue weighted by molar-refractivity contribution is 0.553. The molecule has 0 saturated carbocycles. The maximum Gasteiger partial charge on any atom is 0.334 e. The van der Waals surface area contributed by atoms with Crippen LogP contribution in [0, 0.1) is 0 Å². The van der Waals surface area contributed by atoms with Crippen LogP contribution in [0.3, 0.4) is 0 Å². The SMILES string of the molecule is O=S(=O)(F)c1ccc(Cl)c2cccnc12. The molecule has 0 radical (unpaired) electrons. The van der Waals surface area contributed by atoms with Gasteiger partial charge in [0.2, 0.25) is 0 Å². The molecule has 1 aromatic heterocycles. The van der Waals surface area contributed by atoms with E-state index in [4.69, 9.17) is 11.6 Å². The highest BCUT2D eigenvalue weighted by Crippen LogP contribution is 2.28. The second-order valence-corrected chi connectivity index (χ2v) is 4.61. The van der Waals surface area contributed by atoms with Crippen molar-refractivity contribution < 1.29 is 12.3 Å². The Balaban J connectivity index is 2.96. The standard InChI is InChI=1S/C9H5ClFNO2S/c10-7-3-4-8(15(11,13)14)9-6(7)2-1-5-12-9/h1-5H. The van der Waals surface area contributed by atoms with Crippen molar-refractivity contribution in [2.24, 2.45) is 0 Å². The molecule has 78 valence electrons. The molecule has 0 N–H and O–H groups in total. The minimum absolute atomic E-state index is 0.0486. The molecule has 0 atom stereocenters. The Bertz CT molecular complexity index is 627. The van der Waals surface area contributed by atoms with E-state index in [1.54, 1.807) is 12.1 Å². The molecule has 0 spiro atoms. The number of benzene rings is 1. The predicted octanol–water partition coefficient (Wildman–Crippen LogP) is 2.55. The summed E-state index contributed by atoms with van der Waals surface area (Å²) in [4.78, 5) is 3.35. The molecule has 1 heterocycles. The third-order valence-electron chi connectivity index (χ3n) is 1.94. The first kappa shape index (κ1) is 10.3. The highest BCUT2D eigenvalue weighted by molar-refractivity contribution is 7.86. The zero-order valence-corrected chi connectivity index (χ0v) is 8.89. The van der Waals surface area contributed by atoms with Gasteiger partial charge in [-0.2, -0.15) is 8.42 Å². The second kappa shape index (κ2) is 3.43. The van der Waals surface area contributed by atoms with E-state index in [-0.39, 0.29) is 5.52 Å². The number of hydrogen-bond acceptors (Lipinski definition) is 3. The largest absolute Gasteiger partial charge is 0.334 e. The molecule has 0 saturated heterocycles. The van der Waals surface area contributed by atoms with E-state index in [2.05, 4.69) is 4.98 Å². The molecule has 0 aliphatic heterocycles. The lowest BCUT2D eigenvalue weighted by Crippen LogP contribution is -1.95. The summed E-state index contributed by atoms with van der Waals surface area (Å²) in [6.07, 6.45) is 1.38. The molecular weight excluding hydrogens is 241 g/mol. The third kappa shape index (κ3) is 1.80. The molecule has 0 aliphatic carbocycles. The topological polar surface area (TPSA) is 47.0 Å². The van der Waals surface area contributed by atoms with Gasteiger partial charge < -0.3 is 0 Å². The summed E-state index contributed by atoms with van der Waals surface area (Å²) in [5.74, 6) is 0. The number of aromatic nitrogens is 1. The number of pyridine rings is 1. The van der Waals surface area contributed by atoms with Crippen molar-refractivity contribution in [1.29, 1.82) is 0 Å². The van der Waals surface area contributed by atoms with Gasteiger partial charge in [0.05, 0.1) is 10.5 Å². The Morgan fingerprint density at radius 2 is 2.00 bits per heavy atom. The Hall–Kier alpha value is -1.20. The highest BCUT2D eigenvalue weighted by Gasteiger charge is 2.17. The average Bonchev–Trinajstić information content (AvgIpc) is 2.17. The van der Waals surface area contributed by atoms with Crippen LogP contribution in [0.15, 0.2) is 35.4 Å². The Kier molecular flexibility index (Phi) is 2.36. The van der Waals surface area contributed by atoms with Gasteiger partial charge in [0.25, 0.3) is 0 Å². The Morgan fingerprint density at radius 1 is 1.27 bits per heavy atom. The van der Waals surface area contributed by atoms with Crippen LogP contribution in [0.2, 0.25) is 5.02 Å². The van der Waals surface area contributed by atoms with Crippen molar-refractivity contribution in [3.05, 3.63) is 35.5 Å². The number of halogens is 2. The van der Waals surface area contributed by atoms with Gasteiger partial charge in [-0.3, -0.25) is 4.98 Å². The van der Waals surface area contributed by atoms with E-state index in [1.165, 1.54) is 12.3 Å². The van der Waals surface area contributed by atoms with E-state index < -0.39 is 15.1 Å². The van der Waals surface area contributed by atoms with Gasteiger partial charge in [0.1, 0.15) is 4.90 Å². The summed E-state index contributed by atoms with van der Waals surface area (Å²) in [5, 5.41) is 0.753. The molecule has 0 aliphatic rings. The molecule has 15 heavy (non-hydrogen) atoms. The molecule has 0 unspecified atom stereocenters. The van der Waals surface area contributed by atoms with Gasteiger partial charge in [-0.25, -0.2) is 0 Å². The monoisotopic (exact) mass is 245 g/mol. The van der Waals surface area contributed by atoms with Crippen LogP contribution in [-0.2, 0) is 10.2 Å². The van der Waals surface area contributed by atoms with E-state index in [1.807, 2.05) is 0 Å². The van der Waals surface area contributed by atoms with E-state index in [0.717, 1.165) is 6.07 Å². The maximum absolute atomic E-state index is 12.9. The van der Waals surface area contributed by atoms with Crippen LogP contribution < -0.4 is 0 Å². The molecule has 0 amide bonds. The van der Waals surface area contributed by atoms with Crippen LogP contribution >= 0.6 is 11.6 Å². The first-order valence-corrected chi connectivity index (χ1v) is 5.74. The van der Waals surface area contributed by atoms with Crippen molar-refractivity contribution in [1.82, 2.24) is 4.98 Å². The summed E-state index contributed by atoms with van der Waals surface area (Å²) >= 11 is 5.82. The van der Waals surface area contributed by atoms with Gasteiger partial charge in [0.15, 0.2) is 0 Å². The normalized spacial score (nSPS) is 11.9. The lowest BCUT2D eigenvalue weighted by atomic mass is 10.2. The summed E-state index contributed by atoms with van der Waals surface area (Å²) in [6.45, 7) is 0. The zero-order valence-electron chi connectivity index (χ0n) is 7.31. The fraction of sp³-hybridized carbons (Fsp3) is 0. The molecule has 0 bridgehead atoms. The van der Waals surface area contributed by atoms with Crippen LogP contribution in [0.5, 0.6) is 0 Å². The number of rotatable bonds is 1. The lowest BCUT2D eigenvalue weighted by Gasteiger charge is -2.02. The smallest absolute Gasteiger partial charge is 0.255 e. The molecule has 2 rings (SSSR count). The van der Waals surface area contributed by atoms with E-state index in [9.17, 15) is 12.3 Å². The molecule has 6 heteroatoms. The molecular formula is C9H5ClFNO2S. The number of hydrogen-bond donors (Lipinski definition) is 0. The maximum atomic E-state index is 12.9. The first-order valence-electron chi connectivity index (χ1n) is 3.98. The first-order chi connectivity index (χ1) is 7.00. The van der Waals surface area contributed by atoms with Gasteiger partial charge in [-0.15, -0.1) is 3.89 Å². The van der Waals surface area contributed by atoms with Crippen molar-refractivity contribution in [2.45, 2.75) is 4.90 Å². The van der Waals surface area contributed by atoms with E-state index in [0.29, 0.717) is 10.4 Å². The zero-order chi connectivity index (χ0) is 11.1. The average molecular weight is 246 g/mol. The second-order valence-electron chi connectivity index (χ2n) is 2.88. The van der Waals surface area contributed by atoms with Gasteiger partial charge in [-0.1, -0.05) is 11.6 Å². The van der Waals surface area contributed by atoms with Gasteiger partial charge in [0, 0.05) is 11.6 Å². The fourth-order valence-electron chi connectivity index (χ4n) is 1.31. The van der Waals surface area contributed by atoms with Crippen LogP contribution in [0.25, 0.3) is 10.9 Å². The van der Waals surface area contributed by atoms with Crippen molar-refractivity contribution >= 4 is 32.7 Å². The fourth-order valence-corrected chi connectivity index (χ4v) is 2.15. The summed E-state index contributed by atoms with van der Waals surface area (Å²) in [7, 11) is -4.77. The predicted molar refractivity (Wildman–Crippen MR) is 55.0 cm³/mol. The van der Waals surface area contributed by atoms with Crippen LogP contribution in [-0.4, -0.2) is 13.4 Å². The van der Waals surface area contributed by atoms with Gasteiger partial charge >= 0.3 is 10.2 Å². The molecule has 0 fully saturated rings. The van der Waals surface area contributed by atoms with Crippen molar-refractivity contribution in [3.8, 4) is 0 Å². The Labute approximate surface area is 90.7 Å². The molecule has 1 aromatic carbocycles. The quantitative estimate of drug-likeness (QED) is 0.726. The van der Waals surface area contributed by atoms with Crippen molar-refractivity contribution in [3.63, 3.8) is 0 Å². The Morgan fingerprint density at radius 3 is 2.67 bits per heavy atom. The molecule has 2 aromatic rings. The third-order valence-corrected chi connectivity index (χ3v) is 3.13. The van der Waals surface area contributed by atoms with Gasteiger partial charge in [-0.05, 0) is 24.3 Å². The highest BCUT2D eigenvalue weighted by atomic mass is 35.5. The summed E-state index contributed by atoms with van der Waals surface area (Å²) in [5.41, 5.74) is 0.0486. The minimum atomic E-state index is -4.77.